The van der Waals surface area contributed by atoms with Crippen molar-refractivity contribution in [2.24, 2.45) is 5.41 Å². The Kier molecular flexibility index (Phi) is 3.13. The molecule has 1 aliphatic carbocycles. The van der Waals surface area contributed by atoms with Crippen molar-refractivity contribution >= 4 is 5.91 Å². The fourth-order valence-electron chi connectivity index (χ4n) is 2.85. The van der Waals surface area contributed by atoms with Gasteiger partial charge < -0.3 is 9.64 Å². The van der Waals surface area contributed by atoms with Gasteiger partial charge in [0, 0.05) is 6.54 Å². The van der Waals surface area contributed by atoms with Gasteiger partial charge in [-0.05, 0) is 26.7 Å². The number of hydrogen-bond donors (Lipinski definition) is 0. The van der Waals surface area contributed by atoms with Gasteiger partial charge in [-0.3, -0.25) is 4.79 Å². The molecule has 2 rings (SSSR count). The van der Waals surface area contributed by atoms with Crippen LogP contribution in [0.3, 0.4) is 0 Å². The zero-order valence-corrected chi connectivity index (χ0v) is 10.7. The summed E-state index contributed by atoms with van der Waals surface area (Å²) in [5.41, 5.74) is -1.05. The van der Waals surface area contributed by atoms with Crippen molar-refractivity contribution in [1.29, 1.82) is 5.26 Å². The van der Waals surface area contributed by atoms with Crippen molar-refractivity contribution < 1.29 is 9.53 Å². The van der Waals surface area contributed by atoms with Crippen LogP contribution >= 0.6 is 0 Å². The summed E-state index contributed by atoms with van der Waals surface area (Å²) >= 11 is 0. The van der Waals surface area contributed by atoms with E-state index in [2.05, 4.69) is 6.07 Å². The molecule has 1 aliphatic heterocycles. The summed E-state index contributed by atoms with van der Waals surface area (Å²) in [6.45, 7) is 5.75. The van der Waals surface area contributed by atoms with Crippen LogP contribution in [0.15, 0.2) is 0 Å². The lowest BCUT2D eigenvalue weighted by atomic mass is 9.84. The van der Waals surface area contributed by atoms with Crippen molar-refractivity contribution in [2.75, 3.05) is 19.8 Å². The van der Waals surface area contributed by atoms with E-state index in [4.69, 9.17) is 4.74 Å². The Morgan fingerprint density at radius 2 is 2.00 bits per heavy atom. The Balaban J connectivity index is 2.21. The first-order chi connectivity index (χ1) is 8.02. The molecule has 0 bridgehead atoms. The largest absolute Gasteiger partial charge is 0.377 e. The molecule has 0 radical (unpaired) electrons. The average Bonchev–Trinajstić information content (AvgIpc) is 2.77. The molecular formula is C13H20N2O2. The van der Waals surface area contributed by atoms with E-state index < -0.39 is 5.41 Å². The smallest absolute Gasteiger partial charge is 0.243 e. The normalized spacial score (nSPS) is 26.5. The Morgan fingerprint density at radius 1 is 1.35 bits per heavy atom. The summed E-state index contributed by atoms with van der Waals surface area (Å²) in [4.78, 5) is 14.5. The SMILES string of the molecule is CC1(C)COCCN1C(=O)C1(C#N)CCCC1. The van der Waals surface area contributed by atoms with Gasteiger partial charge in [0.05, 0.1) is 24.8 Å². The monoisotopic (exact) mass is 236 g/mol. The molecule has 2 fully saturated rings. The van der Waals surface area contributed by atoms with Crippen LogP contribution < -0.4 is 0 Å². The van der Waals surface area contributed by atoms with Crippen LogP contribution in [0.4, 0.5) is 0 Å². The van der Waals surface area contributed by atoms with Gasteiger partial charge in [0.2, 0.25) is 5.91 Å². The number of morpholine rings is 1. The molecule has 1 amide bonds. The first-order valence-corrected chi connectivity index (χ1v) is 6.33. The topological polar surface area (TPSA) is 53.3 Å². The second-order valence-electron chi connectivity index (χ2n) is 5.72. The maximum Gasteiger partial charge on any atom is 0.243 e. The molecule has 1 heterocycles. The molecule has 0 N–H and O–H groups in total. The molecule has 94 valence electrons. The fraction of sp³-hybridized carbons (Fsp3) is 0.846. The van der Waals surface area contributed by atoms with Crippen molar-refractivity contribution in [3.63, 3.8) is 0 Å². The number of nitriles is 1. The summed E-state index contributed by atoms with van der Waals surface area (Å²) in [6.07, 6.45) is 3.42. The standard InChI is InChI=1S/C13H20N2O2/c1-12(2)10-17-8-7-15(12)11(16)13(9-14)5-3-4-6-13/h3-8,10H2,1-2H3. The van der Waals surface area contributed by atoms with Crippen LogP contribution in [-0.4, -0.2) is 36.1 Å². The van der Waals surface area contributed by atoms with Crippen molar-refractivity contribution in [3.8, 4) is 6.07 Å². The Labute approximate surface area is 103 Å². The van der Waals surface area contributed by atoms with E-state index in [1.807, 2.05) is 18.7 Å². The Hall–Kier alpha value is -1.08. The van der Waals surface area contributed by atoms with Crippen LogP contribution in [-0.2, 0) is 9.53 Å². The zero-order chi connectivity index (χ0) is 12.5. The lowest BCUT2D eigenvalue weighted by Crippen LogP contribution is -2.58. The van der Waals surface area contributed by atoms with Crippen LogP contribution in [0.2, 0.25) is 0 Å². The molecule has 0 spiro atoms. The minimum Gasteiger partial charge on any atom is -0.377 e. The Bertz CT molecular complexity index is 351. The highest BCUT2D eigenvalue weighted by Crippen LogP contribution is 2.40. The van der Waals surface area contributed by atoms with Crippen molar-refractivity contribution in [1.82, 2.24) is 4.90 Å². The lowest BCUT2D eigenvalue weighted by Gasteiger charge is -2.44. The van der Waals surface area contributed by atoms with Gasteiger partial charge in [-0.2, -0.15) is 5.26 Å². The molecule has 17 heavy (non-hydrogen) atoms. The fourth-order valence-corrected chi connectivity index (χ4v) is 2.85. The van der Waals surface area contributed by atoms with E-state index in [9.17, 15) is 10.1 Å². The zero-order valence-electron chi connectivity index (χ0n) is 10.7. The van der Waals surface area contributed by atoms with E-state index in [0.29, 0.717) is 19.8 Å². The van der Waals surface area contributed by atoms with Crippen LogP contribution in [0.5, 0.6) is 0 Å². The minimum absolute atomic E-state index is 0.0193. The first-order valence-electron chi connectivity index (χ1n) is 6.33. The number of hydrogen-bond acceptors (Lipinski definition) is 3. The van der Waals surface area contributed by atoms with Crippen molar-refractivity contribution in [2.45, 2.75) is 45.1 Å². The lowest BCUT2D eigenvalue weighted by molar-refractivity contribution is -0.154. The van der Waals surface area contributed by atoms with Crippen LogP contribution in [0.1, 0.15) is 39.5 Å². The Morgan fingerprint density at radius 3 is 2.53 bits per heavy atom. The number of carbonyl (C=O) groups excluding carboxylic acids is 1. The van der Waals surface area contributed by atoms with Gasteiger partial charge in [0.15, 0.2) is 0 Å². The van der Waals surface area contributed by atoms with Gasteiger partial charge in [-0.25, -0.2) is 0 Å². The second kappa shape index (κ2) is 4.30. The molecule has 0 unspecified atom stereocenters. The number of rotatable bonds is 1. The highest BCUT2D eigenvalue weighted by molar-refractivity contribution is 5.86. The minimum atomic E-state index is -0.755. The van der Waals surface area contributed by atoms with Crippen molar-refractivity contribution in [3.05, 3.63) is 0 Å². The number of nitrogens with zero attached hydrogens (tertiary/aromatic N) is 2. The maximum absolute atomic E-state index is 12.6. The molecule has 0 aromatic heterocycles. The van der Waals surface area contributed by atoms with E-state index in [1.165, 1.54) is 0 Å². The number of ether oxygens (including phenoxy) is 1. The third-order valence-corrected chi connectivity index (χ3v) is 3.97. The van der Waals surface area contributed by atoms with Gasteiger partial charge in [-0.1, -0.05) is 12.8 Å². The predicted octanol–water partition coefficient (Wildman–Crippen LogP) is 1.71. The summed E-state index contributed by atoms with van der Waals surface area (Å²) in [7, 11) is 0. The molecule has 1 saturated heterocycles. The molecule has 2 aliphatic rings. The summed E-state index contributed by atoms with van der Waals surface area (Å²) in [6, 6.07) is 2.28. The molecule has 0 atom stereocenters. The third kappa shape index (κ3) is 2.04. The number of carbonyl (C=O) groups is 1. The van der Waals surface area contributed by atoms with Crippen LogP contribution in [0.25, 0.3) is 0 Å². The highest BCUT2D eigenvalue weighted by atomic mass is 16.5. The third-order valence-electron chi connectivity index (χ3n) is 3.97. The summed E-state index contributed by atoms with van der Waals surface area (Å²) in [5, 5.41) is 9.36. The first kappa shape index (κ1) is 12.4. The maximum atomic E-state index is 12.6. The predicted molar refractivity (Wildman–Crippen MR) is 63.1 cm³/mol. The second-order valence-corrected chi connectivity index (χ2v) is 5.72. The average molecular weight is 236 g/mol. The summed E-state index contributed by atoms with van der Waals surface area (Å²) in [5.74, 6) is 0.0193. The summed E-state index contributed by atoms with van der Waals surface area (Å²) < 4.78 is 5.42. The van der Waals surface area contributed by atoms with Gasteiger partial charge in [0.25, 0.3) is 0 Å². The van der Waals surface area contributed by atoms with E-state index in [1.54, 1.807) is 0 Å². The molecule has 1 saturated carbocycles. The number of amides is 1. The molecule has 0 aromatic rings. The van der Waals surface area contributed by atoms with Gasteiger partial charge in [0.1, 0.15) is 5.41 Å². The highest BCUT2D eigenvalue weighted by Gasteiger charge is 2.47. The van der Waals surface area contributed by atoms with E-state index in [0.717, 1.165) is 25.7 Å². The molecule has 4 heteroatoms. The van der Waals surface area contributed by atoms with E-state index >= 15 is 0 Å². The van der Waals surface area contributed by atoms with Gasteiger partial charge in [-0.15, -0.1) is 0 Å². The molecular weight excluding hydrogens is 216 g/mol. The van der Waals surface area contributed by atoms with Crippen LogP contribution in [0, 0.1) is 16.7 Å². The quantitative estimate of drug-likeness (QED) is 0.696. The van der Waals surface area contributed by atoms with Gasteiger partial charge >= 0.3 is 0 Å². The molecule has 4 nitrogen and oxygen atoms in total. The van der Waals surface area contributed by atoms with E-state index in [-0.39, 0.29) is 11.4 Å². The molecule has 0 aromatic carbocycles.